The molecule has 0 spiro atoms. The Kier molecular flexibility index (Phi) is 3.85. The molecule has 0 amide bonds. The van der Waals surface area contributed by atoms with Gasteiger partial charge in [0.15, 0.2) is 5.78 Å². The highest BCUT2D eigenvalue weighted by Gasteiger charge is 2.13. The number of carbonyl (C=O) groups excluding carboxylic acids is 1. The van der Waals surface area contributed by atoms with Gasteiger partial charge in [-0.05, 0) is 31.5 Å². The van der Waals surface area contributed by atoms with Gasteiger partial charge < -0.3 is 0 Å². The van der Waals surface area contributed by atoms with Gasteiger partial charge in [0.2, 0.25) is 0 Å². The van der Waals surface area contributed by atoms with Crippen molar-refractivity contribution in [3.63, 3.8) is 0 Å². The van der Waals surface area contributed by atoms with Crippen LogP contribution in [0.3, 0.4) is 0 Å². The van der Waals surface area contributed by atoms with E-state index in [1.165, 1.54) is 17.7 Å². The van der Waals surface area contributed by atoms with E-state index in [9.17, 15) is 9.59 Å². The Morgan fingerprint density at radius 3 is 2.68 bits per heavy atom. The highest BCUT2D eigenvalue weighted by Crippen LogP contribution is 2.13. The largest absolute Gasteiger partial charge is 0.294 e. The second-order valence-corrected chi connectivity index (χ2v) is 4.24. The third-order valence-corrected chi connectivity index (χ3v) is 2.72. The predicted octanol–water partition coefficient (Wildman–Crippen LogP) is 1.92. The van der Waals surface area contributed by atoms with Gasteiger partial charge in [-0.15, -0.1) is 0 Å². The van der Waals surface area contributed by atoms with Gasteiger partial charge in [0, 0.05) is 12.7 Å². The molecule has 0 aliphatic carbocycles. The van der Waals surface area contributed by atoms with E-state index in [-0.39, 0.29) is 16.9 Å². The van der Waals surface area contributed by atoms with Gasteiger partial charge in [-0.1, -0.05) is 13.0 Å². The van der Waals surface area contributed by atoms with Crippen molar-refractivity contribution in [2.45, 2.75) is 26.8 Å². The summed E-state index contributed by atoms with van der Waals surface area (Å²) in [6.45, 7) is 3.82. The van der Waals surface area contributed by atoms with Crippen LogP contribution in [0.2, 0.25) is 0 Å². The molecule has 2 aromatic heterocycles. The fourth-order valence-corrected chi connectivity index (χ4v) is 1.80. The van der Waals surface area contributed by atoms with Gasteiger partial charge in [0.1, 0.15) is 5.69 Å². The summed E-state index contributed by atoms with van der Waals surface area (Å²) in [7, 11) is 0. The minimum atomic E-state index is -0.339. The summed E-state index contributed by atoms with van der Waals surface area (Å²) < 4.78 is 1.33. The van der Waals surface area contributed by atoms with Crippen molar-refractivity contribution in [1.29, 1.82) is 0 Å². The molecule has 0 saturated heterocycles. The van der Waals surface area contributed by atoms with E-state index in [1.807, 2.05) is 13.0 Å². The van der Waals surface area contributed by atoms with Crippen LogP contribution in [-0.2, 0) is 6.54 Å². The Morgan fingerprint density at radius 2 is 2.11 bits per heavy atom. The molecule has 5 heteroatoms. The molecule has 0 bridgehead atoms. The molecule has 2 rings (SSSR count). The fraction of sp³-hybridized carbons (Fsp3) is 0.286. The molecular weight excluding hydrogens is 242 g/mol. The first-order chi connectivity index (χ1) is 9.13. The number of Topliss-reactive ketones (excluding diaryl/α,β-unsaturated/α-hetero) is 1. The van der Waals surface area contributed by atoms with Crippen LogP contribution in [0.5, 0.6) is 0 Å². The SMILES string of the molecule is CCCn1nc(-c2ccccn2)cc(C(C)=O)c1=O. The van der Waals surface area contributed by atoms with E-state index in [1.54, 1.807) is 18.3 Å². The molecule has 2 aromatic rings. The Balaban J connectivity index is 2.63. The van der Waals surface area contributed by atoms with Crippen LogP contribution >= 0.6 is 0 Å². The molecule has 98 valence electrons. The molecule has 0 radical (unpaired) electrons. The smallest absolute Gasteiger partial charge is 0.277 e. The molecule has 0 N–H and O–H groups in total. The van der Waals surface area contributed by atoms with Crippen LogP contribution < -0.4 is 5.56 Å². The van der Waals surface area contributed by atoms with Gasteiger partial charge >= 0.3 is 0 Å². The number of carbonyl (C=O) groups is 1. The molecule has 0 aromatic carbocycles. The van der Waals surface area contributed by atoms with E-state index >= 15 is 0 Å². The van der Waals surface area contributed by atoms with Crippen LogP contribution in [-0.4, -0.2) is 20.5 Å². The Hall–Kier alpha value is -2.30. The third kappa shape index (κ3) is 2.76. The lowest BCUT2D eigenvalue weighted by Gasteiger charge is -2.08. The molecule has 0 fully saturated rings. The second-order valence-electron chi connectivity index (χ2n) is 4.24. The maximum absolute atomic E-state index is 12.0. The summed E-state index contributed by atoms with van der Waals surface area (Å²) in [6, 6.07) is 6.95. The lowest BCUT2D eigenvalue weighted by molar-refractivity contribution is 0.101. The van der Waals surface area contributed by atoms with E-state index < -0.39 is 0 Å². The highest BCUT2D eigenvalue weighted by molar-refractivity contribution is 5.94. The van der Waals surface area contributed by atoms with Gasteiger partial charge in [-0.3, -0.25) is 14.6 Å². The van der Waals surface area contributed by atoms with Crippen LogP contribution in [0.1, 0.15) is 30.6 Å². The standard InChI is InChI=1S/C14H15N3O2/c1-3-8-17-14(19)11(10(2)18)9-13(16-17)12-6-4-5-7-15-12/h4-7,9H,3,8H2,1-2H3. The monoisotopic (exact) mass is 257 g/mol. The number of pyridine rings is 1. The predicted molar refractivity (Wildman–Crippen MR) is 72.0 cm³/mol. The van der Waals surface area contributed by atoms with Crippen molar-refractivity contribution >= 4 is 5.78 Å². The van der Waals surface area contributed by atoms with Crippen molar-refractivity contribution in [2.24, 2.45) is 0 Å². The summed E-state index contributed by atoms with van der Waals surface area (Å²) >= 11 is 0. The minimum absolute atomic E-state index is 0.157. The van der Waals surface area contributed by atoms with Crippen LogP contribution in [0.25, 0.3) is 11.4 Å². The van der Waals surface area contributed by atoms with Gasteiger partial charge in [-0.2, -0.15) is 5.10 Å². The zero-order valence-electron chi connectivity index (χ0n) is 11.0. The number of nitrogens with zero attached hydrogens (tertiary/aromatic N) is 3. The van der Waals surface area contributed by atoms with Crippen LogP contribution in [0, 0.1) is 0 Å². The topological polar surface area (TPSA) is 64.8 Å². The number of ketones is 1. The first-order valence-corrected chi connectivity index (χ1v) is 6.18. The van der Waals surface area contributed by atoms with Gasteiger partial charge in [0.05, 0.1) is 11.3 Å². The summed E-state index contributed by atoms with van der Waals surface area (Å²) in [4.78, 5) is 27.8. The van der Waals surface area contributed by atoms with Crippen molar-refractivity contribution < 1.29 is 4.79 Å². The van der Waals surface area contributed by atoms with Gasteiger partial charge in [0.25, 0.3) is 5.56 Å². The van der Waals surface area contributed by atoms with E-state index in [4.69, 9.17) is 0 Å². The zero-order valence-corrected chi connectivity index (χ0v) is 11.0. The van der Waals surface area contributed by atoms with Crippen molar-refractivity contribution in [3.8, 4) is 11.4 Å². The molecule has 0 atom stereocenters. The molecule has 0 saturated carbocycles. The van der Waals surface area contributed by atoms with E-state index in [2.05, 4.69) is 10.1 Å². The molecule has 0 aliphatic heterocycles. The fourth-order valence-electron chi connectivity index (χ4n) is 1.80. The van der Waals surface area contributed by atoms with Crippen molar-refractivity contribution in [1.82, 2.24) is 14.8 Å². The Labute approximate surface area is 110 Å². The molecule has 19 heavy (non-hydrogen) atoms. The Bertz CT molecular complexity index is 647. The number of hydrogen-bond donors (Lipinski definition) is 0. The molecule has 5 nitrogen and oxygen atoms in total. The van der Waals surface area contributed by atoms with E-state index in [0.29, 0.717) is 17.9 Å². The lowest BCUT2D eigenvalue weighted by atomic mass is 10.1. The zero-order chi connectivity index (χ0) is 13.8. The molecular formula is C14H15N3O2. The average molecular weight is 257 g/mol. The second kappa shape index (κ2) is 5.56. The number of aryl methyl sites for hydroxylation is 1. The molecule has 2 heterocycles. The van der Waals surface area contributed by atoms with Crippen molar-refractivity contribution in [2.75, 3.05) is 0 Å². The average Bonchev–Trinajstić information content (AvgIpc) is 2.42. The van der Waals surface area contributed by atoms with Gasteiger partial charge in [-0.25, -0.2) is 4.68 Å². The van der Waals surface area contributed by atoms with Crippen molar-refractivity contribution in [3.05, 3.63) is 46.4 Å². The first kappa shape index (κ1) is 13.1. The summed E-state index contributed by atoms with van der Waals surface area (Å²) in [5.74, 6) is -0.255. The summed E-state index contributed by atoms with van der Waals surface area (Å²) in [6.07, 6.45) is 2.43. The summed E-state index contributed by atoms with van der Waals surface area (Å²) in [5, 5.41) is 4.26. The molecule has 0 unspecified atom stereocenters. The third-order valence-electron chi connectivity index (χ3n) is 2.72. The first-order valence-electron chi connectivity index (χ1n) is 6.18. The normalized spacial score (nSPS) is 10.4. The maximum atomic E-state index is 12.0. The molecule has 0 aliphatic rings. The van der Waals surface area contributed by atoms with Crippen LogP contribution in [0.4, 0.5) is 0 Å². The maximum Gasteiger partial charge on any atom is 0.277 e. The highest BCUT2D eigenvalue weighted by atomic mass is 16.1. The number of rotatable bonds is 4. The number of hydrogen-bond acceptors (Lipinski definition) is 4. The quantitative estimate of drug-likeness (QED) is 0.785. The Morgan fingerprint density at radius 1 is 1.32 bits per heavy atom. The lowest BCUT2D eigenvalue weighted by Crippen LogP contribution is -2.28. The summed E-state index contributed by atoms with van der Waals surface area (Å²) in [5.41, 5.74) is 1.01. The van der Waals surface area contributed by atoms with Crippen LogP contribution in [0.15, 0.2) is 35.3 Å². The number of aromatic nitrogens is 3. The van der Waals surface area contributed by atoms with E-state index in [0.717, 1.165) is 6.42 Å². The minimum Gasteiger partial charge on any atom is -0.294 e.